The summed E-state index contributed by atoms with van der Waals surface area (Å²) in [6.07, 6.45) is 6.37. The lowest BCUT2D eigenvalue weighted by Gasteiger charge is -2.39. The van der Waals surface area contributed by atoms with E-state index in [1.165, 1.54) is 32.1 Å². The van der Waals surface area contributed by atoms with Gasteiger partial charge in [-0.25, -0.2) is 0 Å². The highest BCUT2D eigenvalue weighted by molar-refractivity contribution is 5.02. The Labute approximate surface area is 113 Å². The van der Waals surface area contributed by atoms with Gasteiger partial charge in [-0.15, -0.1) is 0 Å². The number of hydrogen-bond donors (Lipinski definition) is 2. The Kier molecular flexibility index (Phi) is 6.61. The molecule has 0 aliphatic heterocycles. The molecule has 3 heteroatoms. The molecule has 0 aromatic rings. The highest BCUT2D eigenvalue weighted by Gasteiger charge is 2.44. The number of rotatable bonds is 10. The molecule has 0 bridgehead atoms. The van der Waals surface area contributed by atoms with E-state index in [1.54, 1.807) is 0 Å². The predicted molar refractivity (Wildman–Crippen MR) is 77.8 cm³/mol. The Balaban J connectivity index is 2.56. The van der Waals surface area contributed by atoms with E-state index < -0.39 is 0 Å². The Bertz CT molecular complexity index is 223. The number of aliphatic hydroxyl groups is 1. The summed E-state index contributed by atoms with van der Waals surface area (Å²) in [5.41, 5.74) is -0.0729. The molecule has 0 radical (unpaired) electrons. The minimum Gasteiger partial charge on any atom is -0.394 e. The van der Waals surface area contributed by atoms with E-state index in [0.717, 1.165) is 13.1 Å². The van der Waals surface area contributed by atoms with Crippen molar-refractivity contribution < 1.29 is 5.11 Å². The summed E-state index contributed by atoms with van der Waals surface area (Å²) in [6, 6.07) is 0.555. The van der Waals surface area contributed by atoms with Crippen molar-refractivity contribution in [3.63, 3.8) is 0 Å². The lowest BCUT2D eigenvalue weighted by molar-refractivity contribution is 0.0812. The molecule has 1 aliphatic carbocycles. The average Bonchev–Trinajstić information content (AvgIpc) is 3.18. The molecule has 2 N–H and O–H groups in total. The second kappa shape index (κ2) is 7.46. The number of nitrogens with one attached hydrogen (secondary N) is 1. The van der Waals surface area contributed by atoms with Crippen LogP contribution in [0.2, 0.25) is 0 Å². The molecule has 0 saturated heterocycles. The van der Waals surface area contributed by atoms with E-state index in [9.17, 15) is 5.11 Å². The molecular formula is C15H32N2O. The van der Waals surface area contributed by atoms with Crippen molar-refractivity contribution in [1.29, 1.82) is 0 Å². The molecule has 1 unspecified atom stereocenters. The molecule has 1 atom stereocenters. The monoisotopic (exact) mass is 256 g/mol. The van der Waals surface area contributed by atoms with Crippen molar-refractivity contribution in [2.75, 3.05) is 26.7 Å². The fourth-order valence-electron chi connectivity index (χ4n) is 2.75. The first-order valence-electron chi connectivity index (χ1n) is 7.63. The normalized spacial score (nSPS) is 19.5. The van der Waals surface area contributed by atoms with Gasteiger partial charge in [-0.05, 0) is 52.6 Å². The highest BCUT2D eigenvalue weighted by atomic mass is 16.3. The standard InChI is InChI=1S/C15H32N2O/c1-5-6-7-10-17(13(2)3)11-15(12-18,16-4)14-8-9-14/h13-14,16,18H,5-12H2,1-4H3. The summed E-state index contributed by atoms with van der Waals surface area (Å²) >= 11 is 0. The molecular weight excluding hydrogens is 224 g/mol. The lowest BCUT2D eigenvalue weighted by atomic mass is 9.93. The number of hydrogen-bond acceptors (Lipinski definition) is 3. The van der Waals surface area contributed by atoms with Gasteiger partial charge in [0.15, 0.2) is 0 Å². The molecule has 1 rings (SSSR count). The van der Waals surface area contributed by atoms with Gasteiger partial charge in [-0.3, -0.25) is 4.90 Å². The minimum absolute atomic E-state index is 0.0729. The third-order valence-corrected chi connectivity index (χ3v) is 4.40. The molecule has 0 amide bonds. The van der Waals surface area contributed by atoms with Gasteiger partial charge in [0, 0.05) is 12.6 Å². The van der Waals surface area contributed by atoms with Crippen LogP contribution in [0.5, 0.6) is 0 Å². The summed E-state index contributed by atoms with van der Waals surface area (Å²) in [5.74, 6) is 0.667. The second-order valence-electron chi connectivity index (χ2n) is 6.11. The van der Waals surface area contributed by atoms with Gasteiger partial charge in [0.2, 0.25) is 0 Å². The van der Waals surface area contributed by atoms with Crippen LogP contribution < -0.4 is 5.32 Å². The summed E-state index contributed by atoms with van der Waals surface area (Å²) in [7, 11) is 2.00. The Morgan fingerprint density at radius 2 is 2.00 bits per heavy atom. The first-order chi connectivity index (χ1) is 8.59. The molecule has 0 spiro atoms. The van der Waals surface area contributed by atoms with E-state index in [-0.39, 0.29) is 12.1 Å². The van der Waals surface area contributed by atoms with Gasteiger partial charge in [0.05, 0.1) is 12.1 Å². The molecule has 0 heterocycles. The number of aliphatic hydroxyl groups excluding tert-OH is 1. The number of unbranched alkanes of at least 4 members (excludes halogenated alkanes) is 2. The maximum absolute atomic E-state index is 9.80. The van der Waals surface area contributed by atoms with Crippen LogP contribution in [0.3, 0.4) is 0 Å². The first-order valence-corrected chi connectivity index (χ1v) is 7.63. The maximum atomic E-state index is 9.80. The summed E-state index contributed by atoms with van der Waals surface area (Å²) in [5, 5.41) is 13.2. The third kappa shape index (κ3) is 4.22. The van der Waals surface area contributed by atoms with Gasteiger partial charge in [-0.2, -0.15) is 0 Å². The van der Waals surface area contributed by atoms with Crippen LogP contribution in [-0.4, -0.2) is 48.3 Å². The number of nitrogens with zero attached hydrogens (tertiary/aromatic N) is 1. The highest BCUT2D eigenvalue weighted by Crippen LogP contribution is 2.40. The Hall–Kier alpha value is -0.120. The molecule has 0 aromatic heterocycles. The van der Waals surface area contributed by atoms with E-state index in [0.29, 0.717) is 12.0 Å². The smallest absolute Gasteiger partial charge is 0.0628 e. The van der Waals surface area contributed by atoms with Crippen molar-refractivity contribution in [2.24, 2.45) is 5.92 Å². The van der Waals surface area contributed by atoms with Crippen LogP contribution >= 0.6 is 0 Å². The van der Waals surface area contributed by atoms with Gasteiger partial charge < -0.3 is 10.4 Å². The van der Waals surface area contributed by atoms with Gasteiger partial charge in [-0.1, -0.05) is 19.8 Å². The molecule has 1 saturated carbocycles. The largest absolute Gasteiger partial charge is 0.394 e. The SMILES string of the molecule is CCCCCN(CC(CO)(NC)C1CC1)C(C)C. The van der Waals surface area contributed by atoms with Crippen molar-refractivity contribution in [3.05, 3.63) is 0 Å². The quantitative estimate of drug-likeness (QED) is 0.589. The van der Waals surface area contributed by atoms with Gasteiger partial charge >= 0.3 is 0 Å². The molecule has 18 heavy (non-hydrogen) atoms. The molecule has 1 aliphatic rings. The molecule has 3 nitrogen and oxygen atoms in total. The zero-order valence-electron chi connectivity index (χ0n) is 12.7. The minimum atomic E-state index is -0.0729. The van der Waals surface area contributed by atoms with E-state index >= 15 is 0 Å². The summed E-state index contributed by atoms with van der Waals surface area (Å²) < 4.78 is 0. The summed E-state index contributed by atoms with van der Waals surface area (Å²) in [6.45, 7) is 9.15. The molecule has 0 aromatic carbocycles. The van der Waals surface area contributed by atoms with Crippen LogP contribution in [0.4, 0.5) is 0 Å². The average molecular weight is 256 g/mol. The summed E-state index contributed by atoms with van der Waals surface area (Å²) in [4.78, 5) is 2.53. The Morgan fingerprint density at radius 1 is 1.33 bits per heavy atom. The van der Waals surface area contributed by atoms with Crippen LogP contribution in [0.15, 0.2) is 0 Å². The third-order valence-electron chi connectivity index (χ3n) is 4.40. The lowest BCUT2D eigenvalue weighted by Crippen LogP contribution is -2.58. The van der Waals surface area contributed by atoms with Crippen LogP contribution in [-0.2, 0) is 0 Å². The Morgan fingerprint density at radius 3 is 2.39 bits per heavy atom. The van der Waals surface area contributed by atoms with E-state index in [2.05, 4.69) is 31.0 Å². The zero-order valence-corrected chi connectivity index (χ0v) is 12.7. The molecule has 1 fully saturated rings. The van der Waals surface area contributed by atoms with Gasteiger partial charge in [0.25, 0.3) is 0 Å². The number of likely N-dealkylation sites (N-methyl/N-ethyl adjacent to an activating group) is 1. The van der Waals surface area contributed by atoms with E-state index in [4.69, 9.17) is 0 Å². The fourth-order valence-corrected chi connectivity index (χ4v) is 2.75. The topological polar surface area (TPSA) is 35.5 Å². The fraction of sp³-hybridized carbons (Fsp3) is 1.00. The molecule has 108 valence electrons. The van der Waals surface area contributed by atoms with Crippen molar-refractivity contribution in [1.82, 2.24) is 10.2 Å². The van der Waals surface area contributed by atoms with Crippen molar-refractivity contribution in [2.45, 2.75) is 64.5 Å². The van der Waals surface area contributed by atoms with Crippen molar-refractivity contribution >= 4 is 0 Å². The van der Waals surface area contributed by atoms with Crippen molar-refractivity contribution in [3.8, 4) is 0 Å². The van der Waals surface area contributed by atoms with Crippen LogP contribution in [0, 0.1) is 5.92 Å². The maximum Gasteiger partial charge on any atom is 0.0628 e. The van der Waals surface area contributed by atoms with E-state index in [1.807, 2.05) is 7.05 Å². The first kappa shape index (κ1) is 15.9. The van der Waals surface area contributed by atoms with Crippen LogP contribution in [0.1, 0.15) is 52.9 Å². The second-order valence-corrected chi connectivity index (χ2v) is 6.11. The zero-order chi connectivity index (χ0) is 13.6. The van der Waals surface area contributed by atoms with Gasteiger partial charge in [0.1, 0.15) is 0 Å². The van der Waals surface area contributed by atoms with Crippen LogP contribution in [0.25, 0.3) is 0 Å². The predicted octanol–water partition coefficient (Wildman–Crippen LogP) is 2.25.